The topological polar surface area (TPSA) is 24.1 Å². The molecule has 2 heteroatoms. The molecule has 0 saturated carbocycles. The van der Waals surface area contributed by atoms with Gasteiger partial charge in [0.15, 0.2) is 0 Å². The maximum atomic E-state index is 3.53. The van der Waals surface area contributed by atoms with Crippen LogP contribution in [0.5, 0.6) is 0 Å². The van der Waals surface area contributed by atoms with Gasteiger partial charge >= 0.3 is 0 Å². The summed E-state index contributed by atoms with van der Waals surface area (Å²) in [6, 6.07) is 47.3. The Hall–Kier alpha value is -4.30. The second kappa shape index (κ2) is 10.6. The summed E-state index contributed by atoms with van der Waals surface area (Å²) in [6.07, 6.45) is 0. The lowest BCUT2D eigenvalue weighted by atomic mass is 9.78. The van der Waals surface area contributed by atoms with Crippen LogP contribution in [0.3, 0.4) is 0 Å². The monoisotopic (exact) mass is 496 g/mol. The van der Waals surface area contributed by atoms with Crippen molar-refractivity contribution in [3.63, 3.8) is 0 Å². The molecule has 0 aromatic heterocycles. The molecule has 2 N–H and O–H groups in total. The number of nitrogens with one attached hydrogen (secondary N) is 2. The van der Waals surface area contributed by atoms with Gasteiger partial charge in [-0.25, -0.2) is 0 Å². The lowest BCUT2D eigenvalue weighted by Gasteiger charge is -2.26. The van der Waals surface area contributed by atoms with Crippen molar-refractivity contribution in [1.29, 1.82) is 0 Å². The second-order valence-corrected chi connectivity index (χ2v) is 11.0. The third-order valence-electron chi connectivity index (χ3n) is 7.67. The fraction of sp³-hybridized carbons (Fsp3) is 0.167. The summed E-state index contributed by atoms with van der Waals surface area (Å²) in [5.74, 6) is 0. The van der Waals surface area contributed by atoms with E-state index >= 15 is 0 Å². The van der Waals surface area contributed by atoms with Crippen LogP contribution >= 0.6 is 0 Å². The lowest BCUT2D eigenvalue weighted by molar-refractivity contribution is 0.641. The number of hydrogen-bond acceptors (Lipinski definition) is 2. The Labute approximate surface area is 227 Å². The number of hydrogen-bond donors (Lipinski definition) is 2. The van der Waals surface area contributed by atoms with Crippen LogP contribution in [0.4, 0.5) is 22.7 Å². The standard InChI is InChI=1S/C36H36N2/c1-35(2,27-11-7-5-8-12-27)29-15-19-31(20-16-29)37-33-23-25-34(26-24-33)38-32-21-17-30(18-22-32)36(3,4)28-13-9-6-10-14-28/h5-26,37-38H,1-4H3. The molecular formula is C36H36N2. The van der Waals surface area contributed by atoms with Crippen LogP contribution in [0.2, 0.25) is 0 Å². The van der Waals surface area contributed by atoms with E-state index in [9.17, 15) is 0 Å². The van der Waals surface area contributed by atoms with Gasteiger partial charge in [-0.2, -0.15) is 0 Å². The molecule has 0 aliphatic carbocycles. The molecule has 5 aromatic carbocycles. The molecule has 0 heterocycles. The molecule has 0 amide bonds. The fourth-order valence-electron chi connectivity index (χ4n) is 4.95. The quantitative estimate of drug-likeness (QED) is 0.223. The molecule has 0 fully saturated rings. The highest BCUT2D eigenvalue weighted by Crippen LogP contribution is 2.34. The molecule has 0 atom stereocenters. The largest absolute Gasteiger partial charge is 0.356 e. The summed E-state index contributed by atoms with van der Waals surface area (Å²) in [7, 11) is 0. The van der Waals surface area contributed by atoms with Gasteiger partial charge in [-0.1, -0.05) is 113 Å². The first-order chi connectivity index (χ1) is 18.3. The van der Waals surface area contributed by atoms with Gasteiger partial charge in [0, 0.05) is 33.6 Å². The van der Waals surface area contributed by atoms with Crippen LogP contribution in [-0.4, -0.2) is 0 Å². The Balaban J connectivity index is 1.22. The van der Waals surface area contributed by atoms with Crippen molar-refractivity contribution >= 4 is 22.7 Å². The van der Waals surface area contributed by atoms with E-state index in [1.165, 1.54) is 22.3 Å². The van der Waals surface area contributed by atoms with E-state index in [2.05, 4.69) is 172 Å². The highest BCUT2D eigenvalue weighted by Gasteiger charge is 2.23. The Morgan fingerprint density at radius 2 is 0.553 bits per heavy atom. The van der Waals surface area contributed by atoms with E-state index in [0.717, 1.165) is 22.7 Å². The van der Waals surface area contributed by atoms with Crippen molar-refractivity contribution in [2.45, 2.75) is 38.5 Å². The number of benzene rings is 5. The molecule has 0 radical (unpaired) electrons. The second-order valence-electron chi connectivity index (χ2n) is 11.0. The Bertz CT molecular complexity index is 1330. The molecule has 38 heavy (non-hydrogen) atoms. The van der Waals surface area contributed by atoms with Crippen LogP contribution in [0.15, 0.2) is 133 Å². The molecule has 0 bridgehead atoms. The molecule has 0 saturated heterocycles. The van der Waals surface area contributed by atoms with Gasteiger partial charge < -0.3 is 10.6 Å². The van der Waals surface area contributed by atoms with Crippen molar-refractivity contribution < 1.29 is 0 Å². The van der Waals surface area contributed by atoms with E-state index in [4.69, 9.17) is 0 Å². The normalized spacial score (nSPS) is 11.7. The van der Waals surface area contributed by atoms with Gasteiger partial charge in [0.25, 0.3) is 0 Å². The van der Waals surface area contributed by atoms with Crippen molar-refractivity contribution in [2.75, 3.05) is 10.6 Å². The van der Waals surface area contributed by atoms with Gasteiger partial charge in [-0.05, 0) is 70.8 Å². The molecular weight excluding hydrogens is 460 g/mol. The first kappa shape index (κ1) is 25.4. The van der Waals surface area contributed by atoms with Crippen molar-refractivity contribution in [1.82, 2.24) is 0 Å². The van der Waals surface area contributed by atoms with Gasteiger partial charge in [-0.3, -0.25) is 0 Å². The Morgan fingerprint density at radius 1 is 0.316 bits per heavy atom. The summed E-state index contributed by atoms with van der Waals surface area (Å²) >= 11 is 0. The minimum atomic E-state index is -0.0391. The van der Waals surface area contributed by atoms with Crippen molar-refractivity contribution in [3.05, 3.63) is 156 Å². The van der Waals surface area contributed by atoms with E-state index < -0.39 is 0 Å². The van der Waals surface area contributed by atoms with Crippen LogP contribution < -0.4 is 10.6 Å². The smallest absolute Gasteiger partial charge is 0.0385 e. The molecule has 0 unspecified atom stereocenters. The molecule has 190 valence electrons. The lowest BCUT2D eigenvalue weighted by Crippen LogP contribution is -2.18. The predicted molar refractivity (Wildman–Crippen MR) is 163 cm³/mol. The van der Waals surface area contributed by atoms with Crippen LogP contribution in [0.1, 0.15) is 49.9 Å². The summed E-state index contributed by atoms with van der Waals surface area (Å²) < 4.78 is 0. The maximum absolute atomic E-state index is 3.53. The third-order valence-corrected chi connectivity index (χ3v) is 7.67. The van der Waals surface area contributed by atoms with Gasteiger partial charge in [0.2, 0.25) is 0 Å². The van der Waals surface area contributed by atoms with Gasteiger partial charge in [0.05, 0.1) is 0 Å². The van der Waals surface area contributed by atoms with E-state index in [1.807, 2.05) is 0 Å². The van der Waals surface area contributed by atoms with E-state index in [-0.39, 0.29) is 10.8 Å². The van der Waals surface area contributed by atoms with Crippen LogP contribution in [0.25, 0.3) is 0 Å². The van der Waals surface area contributed by atoms with E-state index in [1.54, 1.807) is 0 Å². The van der Waals surface area contributed by atoms with Crippen molar-refractivity contribution in [2.24, 2.45) is 0 Å². The average Bonchev–Trinajstić information content (AvgIpc) is 2.96. The number of rotatable bonds is 8. The minimum absolute atomic E-state index is 0.0391. The zero-order valence-electron chi connectivity index (χ0n) is 22.7. The summed E-state index contributed by atoms with van der Waals surface area (Å²) in [4.78, 5) is 0. The Morgan fingerprint density at radius 3 is 0.842 bits per heavy atom. The fourth-order valence-corrected chi connectivity index (χ4v) is 4.95. The Kier molecular flexibility index (Phi) is 7.07. The highest BCUT2D eigenvalue weighted by molar-refractivity contribution is 5.66. The SMILES string of the molecule is CC(C)(c1ccccc1)c1ccc(Nc2ccc(Nc3ccc(C(C)(C)c4ccccc4)cc3)cc2)cc1. The van der Waals surface area contributed by atoms with Crippen molar-refractivity contribution in [3.8, 4) is 0 Å². The summed E-state index contributed by atoms with van der Waals surface area (Å²) in [6.45, 7) is 9.09. The predicted octanol–water partition coefficient (Wildman–Crippen LogP) is 9.83. The van der Waals surface area contributed by atoms with E-state index in [0.29, 0.717) is 0 Å². The van der Waals surface area contributed by atoms with Crippen LogP contribution in [-0.2, 0) is 10.8 Å². The first-order valence-corrected chi connectivity index (χ1v) is 13.3. The highest BCUT2D eigenvalue weighted by atomic mass is 14.9. The summed E-state index contributed by atoms with van der Waals surface area (Å²) in [5.41, 5.74) is 9.43. The molecule has 2 nitrogen and oxygen atoms in total. The molecule has 0 aliphatic rings. The maximum Gasteiger partial charge on any atom is 0.0385 e. The molecule has 5 aromatic rings. The minimum Gasteiger partial charge on any atom is -0.356 e. The number of anilines is 4. The first-order valence-electron chi connectivity index (χ1n) is 13.3. The molecule has 0 spiro atoms. The van der Waals surface area contributed by atoms with Gasteiger partial charge in [0.1, 0.15) is 0 Å². The molecule has 0 aliphatic heterocycles. The van der Waals surface area contributed by atoms with Crippen LogP contribution in [0, 0.1) is 0 Å². The van der Waals surface area contributed by atoms with Gasteiger partial charge in [-0.15, -0.1) is 0 Å². The zero-order valence-corrected chi connectivity index (χ0v) is 22.7. The summed E-state index contributed by atoms with van der Waals surface area (Å²) in [5, 5.41) is 7.05. The zero-order chi connectivity index (χ0) is 26.6. The average molecular weight is 497 g/mol. The molecule has 5 rings (SSSR count). The third kappa shape index (κ3) is 5.50.